The van der Waals surface area contributed by atoms with E-state index in [0.29, 0.717) is 16.6 Å². The van der Waals surface area contributed by atoms with Gasteiger partial charge in [-0.05, 0) is 42.5 Å². The molecule has 6 heteroatoms. The first kappa shape index (κ1) is 16.6. The highest BCUT2D eigenvalue weighted by Crippen LogP contribution is 2.66. The molecule has 0 unspecified atom stereocenters. The Balaban J connectivity index is 1.53. The number of halogens is 1. The summed E-state index contributed by atoms with van der Waals surface area (Å²) in [6.07, 6.45) is 2.26. The second-order valence-electron chi connectivity index (χ2n) is 7.69. The normalized spacial score (nSPS) is 25.8. The van der Waals surface area contributed by atoms with Crippen LogP contribution in [-0.2, 0) is 5.41 Å². The fourth-order valence-electron chi connectivity index (χ4n) is 4.27. The molecule has 0 N–H and O–H groups in total. The van der Waals surface area contributed by atoms with Crippen molar-refractivity contribution in [2.75, 3.05) is 5.75 Å². The third-order valence-corrected chi connectivity index (χ3v) is 7.11. The van der Waals surface area contributed by atoms with Crippen LogP contribution >= 0.6 is 11.8 Å². The third kappa shape index (κ3) is 2.41. The fraction of sp³-hybridized carbons (Fsp3) is 0.474. The number of carbonyl (C=O) groups is 1. The number of carbonyl (C=O) groups excluding carboxylic acids is 1. The van der Waals surface area contributed by atoms with E-state index in [1.165, 1.54) is 36.0 Å². The molecule has 0 radical (unpaired) electrons. The van der Waals surface area contributed by atoms with Crippen LogP contribution in [0.5, 0.6) is 0 Å². The lowest BCUT2D eigenvalue weighted by Crippen LogP contribution is -2.32. The second kappa shape index (κ2) is 5.59. The lowest BCUT2D eigenvalue weighted by Gasteiger charge is -2.33. The molecule has 2 bridgehead atoms. The topological polar surface area (TPSA) is 55.7 Å². The number of thioether (sulfide) groups is 1. The molecule has 1 aromatic heterocycles. The zero-order chi connectivity index (χ0) is 17.8. The van der Waals surface area contributed by atoms with Crippen molar-refractivity contribution in [2.24, 2.45) is 5.41 Å². The third-order valence-electron chi connectivity index (χ3n) is 6.27. The maximum absolute atomic E-state index is 13.0. The van der Waals surface area contributed by atoms with E-state index in [1.54, 1.807) is 0 Å². The number of rotatable bonds is 4. The minimum Gasteiger partial charge on any atom is -0.293 e. The zero-order valence-electron chi connectivity index (χ0n) is 14.5. The van der Waals surface area contributed by atoms with E-state index < -0.39 is 0 Å². The highest BCUT2D eigenvalue weighted by molar-refractivity contribution is 7.99. The largest absolute Gasteiger partial charge is 0.293 e. The van der Waals surface area contributed by atoms with Crippen LogP contribution in [-0.4, -0.2) is 26.7 Å². The fourth-order valence-corrected chi connectivity index (χ4v) is 4.95. The minimum atomic E-state index is -0.346. The summed E-state index contributed by atoms with van der Waals surface area (Å²) < 4.78 is 13.0. The van der Waals surface area contributed by atoms with Gasteiger partial charge in [-0.3, -0.25) is 4.79 Å². The molecular formula is C19H20FN3OS. The van der Waals surface area contributed by atoms with Gasteiger partial charge in [0, 0.05) is 16.9 Å². The van der Waals surface area contributed by atoms with Gasteiger partial charge in [-0.1, -0.05) is 32.5 Å². The summed E-state index contributed by atoms with van der Waals surface area (Å²) in [5.74, 6) is 0.228. The van der Waals surface area contributed by atoms with Crippen molar-refractivity contribution in [1.82, 2.24) is 15.2 Å². The lowest BCUT2D eigenvalue weighted by atomic mass is 9.70. The average Bonchev–Trinajstić information content (AvgIpc) is 2.92. The molecule has 4 nitrogen and oxygen atoms in total. The number of hydrogen-bond donors (Lipinski definition) is 0. The molecule has 2 atom stereocenters. The lowest BCUT2D eigenvalue weighted by molar-refractivity contribution is 0.102. The SMILES string of the molecule is CC1(C)[C@H]2CC[C@]1(C)c1nc(SCC(=O)c3ccc(F)cc3)nnc12. The molecule has 0 aliphatic heterocycles. The highest BCUT2D eigenvalue weighted by Gasteiger charge is 2.61. The van der Waals surface area contributed by atoms with Crippen molar-refractivity contribution in [1.29, 1.82) is 0 Å². The Bertz CT molecular complexity index is 852. The zero-order valence-corrected chi connectivity index (χ0v) is 15.4. The molecule has 2 aliphatic rings. The Morgan fingerprint density at radius 1 is 1.24 bits per heavy atom. The van der Waals surface area contributed by atoms with E-state index in [2.05, 4.69) is 31.0 Å². The molecule has 0 amide bonds. The number of nitrogens with zero attached hydrogens (tertiary/aromatic N) is 3. The summed E-state index contributed by atoms with van der Waals surface area (Å²) >= 11 is 1.29. The monoisotopic (exact) mass is 357 g/mol. The van der Waals surface area contributed by atoms with Crippen LogP contribution in [0.4, 0.5) is 4.39 Å². The van der Waals surface area contributed by atoms with Crippen molar-refractivity contribution >= 4 is 17.5 Å². The molecule has 0 spiro atoms. The van der Waals surface area contributed by atoms with Gasteiger partial charge in [0.05, 0.1) is 17.1 Å². The molecule has 130 valence electrons. The van der Waals surface area contributed by atoms with Gasteiger partial charge in [0.1, 0.15) is 5.82 Å². The standard InChI is InChI=1S/C19H20FN3OS/c1-18(2)13-8-9-19(18,3)16-15(13)22-23-17(21-16)25-10-14(24)11-4-6-12(20)7-5-11/h4-7,13H,8-10H2,1-3H3/t13-,19+/m0/s1. The van der Waals surface area contributed by atoms with E-state index in [0.717, 1.165) is 24.2 Å². The van der Waals surface area contributed by atoms with Gasteiger partial charge in [-0.2, -0.15) is 5.10 Å². The minimum absolute atomic E-state index is 0.0270. The number of aromatic nitrogens is 3. The summed E-state index contributed by atoms with van der Waals surface area (Å²) in [4.78, 5) is 17.0. The summed E-state index contributed by atoms with van der Waals surface area (Å²) in [6, 6.07) is 5.60. The molecule has 1 aromatic carbocycles. The Morgan fingerprint density at radius 2 is 1.96 bits per heavy atom. The Hall–Kier alpha value is -1.82. The molecule has 25 heavy (non-hydrogen) atoms. The van der Waals surface area contributed by atoms with Gasteiger partial charge < -0.3 is 0 Å². The van der Waals surface area contributed by atoms with Crippen molar-refractivity contribution in [3.63, 3.8) is 0 Å². The van der Waals surface area contributed by atoms with Crippen LogP contribution in [0.3, 0.4) is 0 Å². The van der Waals surface area contributed by atoms with Gasteiger partial charge in [0.25, 0.3) is 0 Å². The first-order chi connectivity index (χ1) is 11.8. The number of Topliss-reactive ketones (excluding diaryl/α,β-unsaturated/α-hetero) is 1. The van der Waals surface area contributed by atoms with Crippen molar-refractivity contribution in [3.05, 3.63) is 47.0 Å². The van der Waals surface area contributed by atoms with Crippen LogP contribution in [0.15, 0.2) is 29.4 Å². The quantitative estimate of drug-likeness (QED) is 0.607. The van der Waals surface area contributed by atoms with Gasteiger partial charge in [-0.15, -0.1) is 5.10 Å². The molecule has 1 heterocycles. The predicted molar refractivity (Wildman–Crippen MR) is 94.4 cm³/mol. The highest BCUT2D eigenvalue weighted by atomic mass is 32.2. The average molecular weight is 357 g/mol. The number of benzene rings is 1. The van der Waals surface area contributed by atoms with E-state index in [-0.39, 0.29) is 28.2 Å². The maximum atomic E-state index is 13.0. The number of ketones is 1. The molecule has 2 aromatic rings. The molecular weight excluding hydrogens is 337 g/mol. The van der Waals surface area contributed by atoms with Gasteiger partial charge in [-0.25, -0.2) is 9.37 Å². The maximum Gasteiger partial charge on any atom is 0.209 e. The molecule has 1 saturated carbocycles. The summed E-state index contributed by atoms with van der Waals surface area (Å²) in [5, 5.41) is 9.23. The first-order valence-electron chi connectivity index (χ1n) is 8.49. The summed E-state index contributed by atoms with van der Waals surface area (Å²) in [5.41, 5.74) is 2.76. The van der Waals surface area contributed by atoms with E-state index >= 15 is 0 Å². The second-order valence-corrected chi connectivity index (χ2v) is 8.63. The van der Waals surface area contributed by atoms with Crippen LogP contribution in [0.2, 0.25) is 0 Å². The van der Waals surface area contributed by atoms with Gasteiger partial charge >= 0.3 is 0 Å². The Morgan fingerprint density at radius 3 is 2.68 bits per heavy atom. The molecule has 4 rings (SSSR count). The van der Waals surface area contributed by atoms with Crippen molar-refractivity contribution in [2.45, 2.75) is 50.1 Å². The smallest absolute Gasteiger partial charge is 0.209 e. The summed E-state index contributed by atoms with van der Waals surface area (Å²) in [6.45, 7) is 6.85. The van der Waals surface area contributed by atoms with Gasteiger partial charge in [0.15, 0.2) is 5.78 Å². The van der Waals surface area contributed by atoms with E-state index in [1.807, 2.05) is 0 Å². The molecule has 0 saturated heterocycles. The molecule has 1 fully saturated rings. The Labute approximate surface area is 150 Å². The van der Waals surface area contributed by atoms with E-state index in [4.69, 9.17) is 4.98 Å². The number of fused-ring (bicyclic) bond motifs is 5. The van der Waals surface area contributed by atoms with Crippen molar-refractivity contribution < 1.29 is 9.18 Å². The van der Waals surface area contributed by atoms with Crippen LogP contribution in [0.25, 0.3) is 0 Å². The first-order valence-corrected chi connectivity index (χ1v) is 9.48. The molecule has 2 aliphatic carbocycles. The van der Waals surface area contributed by atoms with Crippen LogP contribution in [0.1, 0.15) is 61.3 Å². The predicted octanol–water partition coefficient (Wildman–Crippen LogP) is 4.16. The van der Waals surface area contributed by atoms with E-state index in [9.17, 15) is 9.18 Å². The van der Waals surface area contributed by atoms with Crippen LogP contribution < -0.4 is 0 Å². The summed E-state index contributed by atoms with van der Waals surface area (Å²) in [7, 11) is 0. The van der Waals surface area contributed by atoms with Gasteiger partial charge in [0.2, 0.25) is 5.16 Å². The Kier molecular flexibility index (Phi) is 3.72. The van der Waals surface area contributed by atoms with Crippen LogP contribution in [0, 0.1) is 11.2 Å². The number of hydrogen-bond acceptors (Lipinski definition) is 5. The van der Waals surface area contributed by atoms with Crippen molar-refractivity contribution in [3.8, 4) is 0 Å².